The summed E-state index contributed by atoms with van der Waals surface area (Å²) in [5, 5.41) is 12.6. The van der Waals surface area contributed by atoms with Crippen molar-refractivity contribution in [3.63, 3.8) is 0 Å². The lowest BCUT2D eigenvalue weighted by Crippen LogP contribution is -2.56. The van der Waals surface area contributed by atoms with Gasteiger partial charge in [0, 0.05) is 41.9 Å². The van der Waals surface area contributed by atoms with Gasteiger partial charge in [-0.05, 0) is 37.6 Å². The van der Waals surface area contributed by atoms with Gasteiger partial charge in [-0.25, -0.2) is 0 Å². The lowest BCUT2D eigenvalue weighted by Gasteiger charge is -2.41. The molecular formula is C13H19BrN2O. The number of benzene rings is 1. The molecule has 1 saturated heterocycles. The Morgan fingerprint density at radius 2 is 2.12 bits per heavy atom. The van der Waals surface area contributed by atoms with Gasteiger partial charge in [-0.2, -0.15) is 0 Å². The average Bonchev–Trinajstić information content (AvgIpc) is 2.33. The Balaban J connectivity index is 2.16. The summed E-state index contributed by atoms with van der Waals surface area (Å²) in [6.07, 6.45) is 0.815. The van der Waals surface area contributed by atoms with Crippen molar-refractivity contribution >= 4 is 21.6 Å². The molecule has 1 aliphatic heterocycles. The molecule has 2 N–H and O–H groups in total. The quantitative estimate of drug-likeness (QED) is 0.896. The van der Waals surface area contributed by atoms with Crippen LogP contribution in [0, 0.1) is 0 Å². The van der Waals surface area contributed by atoms with E-state index >= 15 is 0 Å². The summed E-state index contributed by atoms with van der Waals surface area (Å²) in [5.41, 5.74) is 1.24. The Morgan fingerprint density at radius 3 is 2.76 bits per heavy atom. The van der Waals surface area contributed by atoms with Gasteiger partial charge in [0.2, 0.25) is 0 Å². The molecule has 0 aromatic heterocycles. The lowest BCUT2D eigenvalue weighted by atomic mass is 10.1. The van der Waals surface area contributed by atoms with Crippen LogP contribution in [0.4, 0.5) is 5.69 Å². The van der Waals surface area contributed by atoms with Crippen LogP contribution in [0.2, 0.25) is 0 Å². The summed E-state index contributed by atoms with van der Waals surface area (Å²) in [7, 11) is 0. The number of rotatable bonds is 3. The van der Waals surface area contributed by atoms with Crippen molar-refractivity contribution in [3.05, 3.63) is 28.7 Å². The Hall–Kier alpha value is -0.580. The van der Waals surface area contributed by atoms with Crippen molar-refractivity contribution in [2.24, 2.45) is 0 Å². The lowest BCUT2D eigenvalue weighted by molar-refractivity contribution is 0.260. The van der Waals surface area contributed by atoms with Crippen molar-refractivity contribution in [1.29, 1.82) is 0 Å². The minimum atomic E-state index is 0.244. The molecule has 94 valence electrons. The second-order valence-corrected chi connectivity index (χ2v) is 5.52. The number of piperazine rings is 1. The van der Waals surface area contributed by atoms with Crippen LogP contribution in [0.5, 0.6) is 0 Å². The van der Waals surface area contributed by atoms with Gasteiger partial charge in [-0.15, -0.1) is 0 Å². The minimum Gasteiger partial charge on any atom is -0.396 e. The van der Waals surface area contributed by atoms with E-state index in [1.165, 1.54) is 5.69 Å². The highest BCUT2D eigenvalue weighted by molar-refractivity contribution is 9.10. The van der Waals surface area contributed by atoms with Gasteiger partial charge in [0.15, 0.2) is 0 Å². The maximum atomic E-state index is 9.13. The maximum Gasteiger partial charge on any atom is 0.0451 e. The van der Waals surface area contributed by atoms with E-state index in [0.29, 0.717) is 12.1 Å². The molecule has 0 aliphatic carbocycles. The first-order chi connectivity index (χ1) is 8.20. The van der Waals surface area contributed by atoms with Crippen LogP contribution >= 0.6 is 15.9 Å². The standard InChI is InChI=1S/C13H19BrN2O/c1-10-9-16(13(6-7-17)8-15-10)12-4-2-11(14)3-5-12/h2-5,10,13,15,17H,6-9H2,1H3. The SMILES string of the molecule is CC1CN(c2ccc(Br)cc2)C(CCO)CN1. The Kier molecular flexibility index (Phi) is 4.42. The summed E-state index contributed by atoms with van der Waals surface area (Å²) >= 11 is 3.46. The van der Waals surface area contributed by atoms with E-state index < -0.39 is 0 Å². The Bertz CT molecular complexity index is 355. The number of halogens is 1. The molecule has 0 bridgehead atoms. The van der Waals surface area contributed by atoms with Crippen LogP contribution in [-0.2, 0) is 0 Å². The molecule has 0 spiro atoms. The fraction of sp³-hybridized carbons (Fsp3) is 0.538. The summed E-state index contributed by atoms with van der Waals surface area (Å²) in [6, 6.07) is 9.28. The first-order valence-electron chi connectivity index (χ1n) is 6.07. The van der Waals surface area contributed by atoms with Gasteiger partial charge in [0.25, 0.3) is 0 Å². The number of anilines is 1. The average molecular weight is 299 g/mol. The molecule has 2 rings (SSSR count). The summed E-state index contributed by atoms with van der Waals surface area (Å²) in [5.74, 6) is 0. The molecule has 1 fully saturated rings. The largest absolute Gasteiger partial charge is 0.396 e. The minimum absolute atomic E-state index is 0.244. The molecule has 1 aliphatic rings. The number of hydrogen-bond donors (Lipinski definition) is 2. The molecule has 0 saturated carbocycles. The van der Waals surface area contributed by atoms with Crippen molar-refractivity contribution in [2.75, 3.05) is 24.6 Å². The van der Waals surface area contributed by atoms with E-state index in [2.05, 4.69) is 57.3 Å². The zero-order valence-corrected chi connectivity index (χ0v) is 11.7. The fourth-order valence-corrected chi connectivity index (χ4v) is 2.58. The first-order valence-corrected chi connectivity index (χ1v) is 6.86. The van der Waals surface area contributed by atoms with Crippen LogP contribution in [0.3, 0.4) is 0 Å². The van der Waals surface area contributed by atoms with Crippen LogP contribution in [-0.4, -0.2) is 36.9 Å². The number of nitrogens with zero attached hydrogens (tertiary/aromatic N) is 1. The Labute approximate surface area is 111 Å². The number of aliphatic hydroxyl groups is 1. The van der Waals surface area contributed by atoms with Crippen LogP contribution < -0.4 is 10.2 Å². The normalized spacial score (nSPS) is 25.0. The number of aliphatic hydroxyl groups excluding tert-OH is 1. The van der Waals surface area contributed by atoms with E-state index in [1.807, 2.05) is 0 Å². The molecule has 2 unspecified atom stereocenters. The van der Waals surface area contributed by atoms with Gasteiger partial charge in [0.1, 0.15) is 0 Å². The summed E-state index contributed by atoms with van der Waals surface area (Å²) in [6.45, 7) is 4.37. The van der Waals surface area contributed by atoms with Gasteiger partial charge in [0.05, 0.1) is 0 Å². The van der Waals surface area contributed by atoms with E-state index in [4.69, 9.17) is 5.11 Å². The third-order valence-electron chi connectivity index (χ3n) is 3.23. The highest BCUT2D eigenvalue weighted by Crippen LogP contribution is 2.23. The summed E-state index contributed by atoms with van der Waals surface area (Å²) < 4.78 is 1.10. The zero-order chi connectivity index (χ0) is 12.3. The molecule has 2 atom stereocenters. The van der Waals surface area contributed by atoms with Crippen LogP contribution in [0.25, 0.3) is 0 Å². The van der Waals surface area contributed by atoms with Crippen LogP contribution in [0.15, 0.2) is 28.7 Å². The van der Waals surface area contributed by atoms with Gasteiger partial charge in [-0.1, -0.05) is 15.9 Å². The molecule has 3 nitrogen and oxygen atoms in total. The second-order valence-electron chi connectivity index (χ2n) is 4.60. The van der Waals surface area contributed by atoms with Gasteiger partial charge >= 0.3 is 0 Å². The molecular weight excluding hydrogens is 280 g/mol. The molecule has 0 amide bonds. The van der Waals surface area contributed by atoms with E-state index in [9.17, 15) is 0 Å². The van der Waals surface area contributed by atoms with Crippen molar-refractivity contribution < 1.29 is 5.11 Å². The molecule has 1 heterocycles. The zero-order valence-electron chi connectivity index (χ0n) is 10.1. The third kappa shape index (κ3) is 3.21. The summed E-state index contributed by atoms with van der Waals surface area (Å²) in [4.78, 5) is 2.39. The molecule has 4 heteroatoms. The van der Waals surface area contributed by atoms with Crippen molar-refractivity contribution in [3.8, 4) is 0 Å². The topological polar surface area (TPSA) is 35.5 Å². The predicted molar refractivity (Wildman–Crippen MR) is 74.4 cm³/mol. The van der Waals surface area contributed by atoms with E-state index in [0.717, 1.165) is 24.0 Å². The highest BCUT2D eigenvalue weighted by Gasteiger charge is 2.25. The Morgan fingerprint density at radius 1 is 1.41 bits per heavy atom. The maximum absolute atomic E-state index is 9.13. The molecule has 1 aromatic carbocycles. The van der Waals surface area contributed by atoms with Crippen molar-refractivity contribution in [1.82, 2.24) is 5.32 Å². The molecule has 17 heavy (non-hydrogen) atoms. The monoisotopic (exact) mass is 298 g/mol. The fourth-order valence-electron chi connectivity index (χ4n) is 2.31. The smallest absolute Gasteiger partial charge is 0.0451 e. The molecule has 1 aromatic rings. The number of nitrogens with one attached hydrogen (secondary N) is 1. The first kappa shape index (κ1) is 12.9. The highest BCUT2D eigenvalue weighted by atomic mass is 79.9. The van der Waals surface area contributed by atoms with Gasteiger partial charge in [-0.3, -0.25) is 0 Å². The van der Waals surface area contributed by atoms with E-state index in [1.54, 1.807) is 0 Å². The van der Waals surface area contributed by atoms with Crippen LogP contribution in [0.1, 0.15) is 13.3 Å². The molecule has 0 radical (unpaired) electrons. The predicted octanol–water partition coefficient (Wildman–Crippen LogP) is 2.00. The third-order valence-corrected chi connectivity index (χ3v) is 3.76. The van der Waals surface area contributed by atoms with Crippen molar-refractivity contribution in [2.45, 2.75) is 25.4 Å². The van der Waals surface area contributed by atoms with Gasteiger partial charge < -0.3 is 15.3 Å². The number of hydrogen-bond acceptors (Lipinski definition) is 3. The second kappa shape index (κ2) is 5.85. The van der Waals surface area contributed by atoms with E-state index in [-0.39, 0.29) is 6.61 Å².